The minimum absolute atomic E-state index is 0.133. The molecule has 124 valence electrons. The van der Waals surface area contributed by atoms with Crippen molar-refractivity contribution in [1.82, 2.24) is 4.90 Å². The maximum atomic E-state index is 12.8. The molecular weight excluding hydrogens is 306 g/mol. The van der Waals surface area contributed by atoms with Crippen molar-refractivity contribution in [1.29, 1.82) is 0 Å². The van der Waals surface area contributed by atoms with Gasteiger partial charge in [-0.05, 0) is 43.3 Å². The lowest BCUT2D eigenvalue weighted by atomic mass is 10.2. The quantitative estimate of drug-likeness (QED) is 0.662. The monoisotopic (exact) mass is 325 g/mol. The molecule has 0 bridgehead atoms. The molecule has 0 spiro atoms. The fourth-order valence-electron chi connectivity index (χ4n) is 2.40. The molecule has 0 aliphatic rings. The smallest absolute Gasteiger partial charge is 0.264 e. The molecule has 1 amide bonds. The van der Waals surface area contributed by atoms with Gasteiger partial charge in [-0.1, -0.05) is 18.2 Å². The lowest BCUT2D eigenvalue weighted by Crippen LogP contribution is -2.39. The lowest BCUT2D eigenvalue weighted by molar-refractivity contribution is -0.139. The van der Waals surface area contributed by atoms with Crippen LogP contribution in [-0.2, 0) is 17.9 Å². The van der Waals surface area contributed by atoms with Crippen LogP contribution in [0.3, 0.4) is 0 Å². The largest absolute Gasteiger partial charge is 0.481 e. The molecule has 0 saturated carbocycles. The van der Waals surface area contributed by atoms with Crippen LogP contribution >= 0.6 is 0 Å². The van der Waals surface area contributed by atoms with Crippen molar-refractivity contribution in [3.63, 3.8) is 0 Å². The highest BCUT2D eigenvalue weighted by Crippen LogP contribution is 2.16. The summed E-state index contributed by atoms with van der Waals surface area (Å²) >= 11 is 0. The first kappa shape index (κ1) is 15.9. The van der Waals surface area contributed by atoms with E-state index in [0.717, 1.165) is 0 Å². The maximum Gasteiger partial charge on any atom is 0.264 e. The zero-order valence-corrected chi connectivity index (χ0v) is 13.4. The van der Waals surface area contributed by atoms with Crippen molar-refractivity contribution in [2.75, 3.05) is 0 Å². The summed E-state index contributed by atoms with van der Waals surface area (Å²) in [6.45, 7) is 2.46. The fraction of sp³-hybridized carbons (Fsp3) is 0.211. The van der Waals surface area contributed by atoms with Crippen LogP contribution in [0.4, 0.5) is 0 Å². The Kier molecular flexibility index (Phi) is 5.01. The molecule has 0 fully saturated rings. The normalized spacial score (nSPS) is 11.9. The number of carbonyl (C=O) groups excluding carboxylic acids is 1. The third-order valence-corrected chi connectivity index (χ3v) is 3.57. The van der Waals surface area contributed by atoms with E-state index in [9.17, 15) is 4.79 Å². The first-order valence-electron chi connectivity index (χ1n) is 7.77. The number of ether oxygens (including phenoxy) is 1. The summed E-state index contributed by atoms with van der Waals surface area (Å²) in [4.78, 5) is 14.5. The minimum atomic E-state index is -0.614. The Balaban J connectivity index is 1.71. The van der Waals surface area contributed by atoms with Crippen LogP contribution in [0.2, 0.25) is 0 Å². The molecule has 1 atom stereocenters. The van der Waals surface area contributed by atoms with Crippen LogP contribution in [0.15, 0.2) is 76.0 Å². The van der Waals surface area contributed by atoms with Gasteiger partial charge in [-0.25, -0.2) is 0 Å². The summed E-state index contributed by atoms with van der Waals surface area (Å²) in [6, 6.07) is 16.6. The number of hydrogen-bond acceptors (Lipinski definition) is 4. The summed E-state index contributed by atoms with van der Waals surface area (Å²) in [5.41, 5.74) is 0. The van der Waals surface area contributed by atoms with Gasteiger partial charge in [0.1, 0.15) is 17.3 Å². The zero-order valence-electron chi connectivity index (χ0n) is 13.4. The van der Waals surface area contributed by atoms with Gasteiger partial charge < -0.3 is 18.5 Å². The second-order valence-electron chi connectivity index (χ2n) is 5.43. The molecule has 0 aliphatic carbocycles. The van der Waals surface area contributed by atoms with Gasteiger partial charge in [-0.2, -0.15) is 0 Å². The Morgan fingerprint density at radius 3 is 2.04 bits per heavy atom. The molecule has 5 heteroatoms. The Morgan fingerprint density at radius 2 is 1.54 bits per heavy atom. The Morgan fingerprint density at radius 1 is 0.958 bits per heavy atom. The molecule has 2 heterocycles. The topological polar surface area (TPSA) is 55.8 Å². The highest BCUT2D eigenvalue weighted by atomic mass is 16.5. The van der Waals surface area contributed by atoms with Crippen LogP contribution in [0.25, 0.3) is 0 Å². The molecule has 0 aliphatic heterocycles. The van der Waals surface area contributed by atoms with Gasteiger partial charge in [0.2, 0.25) is 0 Å². The molecule has 2 aromatic heterocycles. The molecule has 24 heavy (non-hydrogen) atoms. The van der Waals surface area contributed by atoms with Crippen LogP contribution < -0.4 is 4.74 Å². The van der Waals surface area contributed by atoms with Crippen molar-refractivity contribution in [2.45, 2.75) is 26.1 Å². The van der Waals surface area contributed by atoms with Gasteiger partial charge in [0.15, 0.2) is 6.10 Å². The lowest BCUT2D eigenvalue weighted by Gasteiger charge is -2.24. The van der Waals surface area contributed by atoms with Gasteiger partial charge in [-0.15, -0.1) is 0 Å². The molecule has 5 nitrogen and oxygen atoms in total. The first-order chi connectivity index (χ1) is 11.7. The highest BCUT2D eigenvalue weighted by molar-refractivity contribution is 5.80. The van der Waals surface area contributed by atoms with Crippen LogP contribution in [0.1, 0.15) is 18.4 Å². The van der Waals surface area contributed by atoms with Gasteiger partial charge in [0.05, 0.1) is 25.6 Å². The standard InChI is InChI=1S/C19H19NO4/c1-15(24-16-7-3-2-4-8-16)19(21)20(13-17-9-5-11-22-17)14-18-10-6-12-23-18/h2-12,15H,13-14H2,1H3. The van der Waals surface area contributed by atoms with E-state index >= 15 is 0 Å². The van der Waals surface area contributed by atoms with E-state index in [1.807, 2.05) is 42.5 Å². The SMILES string of the molecule is CC(Oc1ccccc1)C(=O)N(Cc1ccco1)Cc1ccco1. The van der Waals surface area contributed by atoms with E-state index in [1.54, 1.807) is 36.5 Å². The highest BCUT2D eigenvalue weighted by Gasteiger charge is 2.24. The Labute approximate surface area is 140 Å². The summed E-state index contributed by atoms with van der Waals surface area (Å²) in [5, 5.41) is 0. The van der Waals surface area contributed by atoms with Gasteiger partial charge in [0, 0.05) is 0 Å². The number of benzene rings is 1. The Bertz CT molecular complexity index is 699. The summed E-state index contributed by atoms with van der Waals surface area (Å²) in [6.07, 6.45) is 2.57. The van der Waals surface area contributed by atoms with Crippen LogP contribution in [0, 0.1) is 0 Å². The number of carbonyl (C=O) groups is 1. The summed E-state index contributed by atoms with van der Waals surface area (Å²) in [7, 11) is 0. The van der Waals surface area contributed by atoms with E-state index in [-0.39, 0.29) is 5.91 Å². The van der Waals surface area contributed by atoms with Crippen molar-refractivity contribution in [3.05, 3.63) is 78.6 Å². The van der Waals surface area contributed by atoms with E-state index in [2.05, 4.69) is 0 Å². The average molecular weight is 325 g/mol. The summed E-state index contributed by atoms with van der Waals surface area (Å²) < 4.78 is 16.5. The molecule has 0 saturated heterocycles. The predicted octanol–water partition coefficient (Wildman–Crippen LogP) is 3.87. The zero-order chi connectivity index (χ0) is 16.8. The number of hydrogen-bond donors (Lipinski definition) is 0. The van der Waals surface area contributed by atoms with Gasteiger partial charge >= 0.3 is 0 Å². The van der Waals surface area contributed by atoms with Crippen molar-refractivity contribution < 1.29 is 18.4 Å². The predicted molar refractivity (Wildman–Crippen MR) is 88.2 cm³/mol. The second kappa shape index (κ2) is 7.55. The molecule has 1 unspecified atom stereocenters. The third-order valence-electron chi connectivity index (χ3n) is 3.57. The van der Waals surface area contributed by atoms with E-state index in [1.165, 1.54) is 0 Å². The second-order valence-corrected chi connectivity index (χ2v) is 5.43. The van der Waals surface area contributed by atoms with E-state index < -0.39 is 6.10 Å². The van der Waals surface area contributed by atoms with Crippen LogP contribution in [-0.4, -0.2) is 16.9 Å². The molecular formula is C19H19NO4. The van der Waals surface area contributed by atoms with Gasteiger partial charge in [-0.3, -0.25) is 4.79 Å². The fourth-order valence-corrected chi connectivity index (χ4v) is 2.40. The maximum absolute atomic E-state index is 12.8. The summed E-state index contributed by atoms with van der Waals surface area (Å²) in [5.74, 6) is 1.95. The molecule has 3 rings (SSSR count). The first-order valence-corrected chi connectivity index (χ1v) is 7.77. The van der Waals surface area contributed by atoms with Gasteiger partial charge in [0.25, 0.3) is 5.91 Å². The Hall–Kier alpha value is -2.95. The molecule has 0 N–H and O–H groups in total. The number of furan rings is 2. The van der Waals surface area contributed by atoms with Crippen LogP contribution in [0.5, 0.6) is 5.75 Å². The number of amides is 1. The number of para-hydroxylation sites is 1. The van der Waals surface area contributed by atoms with E-state index in [4.69, 9.17) is 13.6 Å². The minimum Gasteiger partial charge on any atom is -0.481 e. The van der Waals surface area contributed by atoms with Crippen molar-refractivity contribution >= 4 is 5.91 Å². The van der Waals surface area contributed by atoms with Crippen molar-refractivity contribution in [3.8, 4) is 5.75 Å². The molecule has 1 aromatic carbocycles. The molecule has 0 radical (unpaired) electrons. The third kappa shape index (κ3) is 4.07. The van der Waals surface area contributed by atoms with E-state index in [0.29, 0.717) is 30.4 Å². The average Bonchev–Trinajstić information content (AvgIpc) is 3.28. The number of nitrogens with zero attached hydrogens (tertiary/aromatic N) is 1. The number of rotatable bonds is 7. The van der Waals surface area contributed by atoms with Crippen molar-refractivity contribution in [2.24, 2.45) is 0 Å². The molecule has 3 aromatic rings.